The van der Waals surface area contributed by atoms with Gasteiger partial charge < -0.3 is 10.1 Å². The summed E-state index contributed by atoms with van der Waals surface area (Å²) in [5.41, 5.74) is 2.23. The van der Waals surface area contributed by atoms with Gasteiger partial charge in [0.15, 0.2) is 6.61 Å². The molecule has 6 nitrogen and oxygen atoms in total. The predicted molar refractivity (Wildman–Crippen MR) is 142 cm³/mol. The fourth-order valence-electron chi connectivity index (χ4n) is 5.17. The van der Waals surface area contributed by atoms with Gasteiger partial charge in [0.1, 0.15) is 12.0 Å². The van der Waals surface area contributed by atoms with Gasteiger partial charge >= 0.3 is 6.18 Å². The number of nitrogens with zero attached hydrogens (tertiary/aromatic N) is 2. The van der Waals surface area contributed by atoms with Gasteiger partial charge in [-0.05, 0) is 67.2 Å². The molecule has 0 aromatic carbocycles. The standard InChI is InChI=1S/C27H31F4N3O3S2/c1-34-16(9-24(33-34)37-13-27(29,30)31)8-17(38)6-15-4-5-22-19(7-15)25(26(36)32-12-14-2-3-14)23(39-22)11-21(35)18-10-20(18)28/h9,14-15,18,20H,2-8,10-13H2,1H3,(H,32,36)/t15-,18+,20+/m1/s1. The van der Waals surface area contributed by atoms with Crippen molar-refractivity contribution in [2.24, 2.45) is 24.8 Å². The van der Waals surface area contributed by atoms with Crippen LogP contribution in [0.15, 0.2) is 6.07 Å². The van der Waals surface area contributed by atoms with Crippen LogP contribution >= 0.6 is 23.6 Å². The molecule has 3 atom stereocenters. The summed E-state index contributed by atoms with van der Waals surface area (Å²) >= 11 is 7.17. The van der Waals surface area contributed by atoms with Gasteiger partial charge in [-0.2, -0.15) is 13.2 Å². The molecule has 212 valence electrons. The van der Waals surface area contributed by atoms with Crippen LogP contribution in [0, 0.1) is 17.8 Å². The smallest absolute Gasteiger partial charge is 0.422 e. The van der Waals surface area contributed by atoms with Gasteiger partial charge in [-0.1, -0.05) is 12.2 Å². The predicted octanol–water partition coefficient (Wildman–Crippen LogP) is 5.14. The van der Waals surface area contributed by atoms with E-state index in [9.17, 15) is 27.2 Å². The first-order valence-corrected chi connectivity index (χ1v) is 14.5. The second-order valence-electron chi connectivity index (χ2n) is 11.0. The third-order valence-electron chi connectivity index (χ3n) is 7.60. The lowest BCUT2D eigenvalue weighted by Crippen LogP contribution is -2.28. The SMILES string of the molecule is Cn1nc(OCC(F)(F)F)cc1CC(=S)C[C@H]1CCc2sc(CC(=O)[C@H]3C[C@@H]3F)c(C(=O)NCC3CC3)c2C1. The number of thiophene rings is 1. The van der Waals surface area contributed by atoms with Gasteiger partial charge in [-0.25, -0.2) is 4.39 Å². The third-order valence-corrected chi connectivity index (χ3v) is 9.21. The van der Waals surface area contributed by atoms with Crippen molar-refractivity contribution in [1.82, 2.24) is 15.1 Å². The first-order chi connectivity index (χ1) is 18.5. The Kier molecular flexibility index (Phi) is 8.15. The zero-order chi connectivity index (χ0) is 27.9. The highest BCUT2D eigenvalue weighted by atomic mass is 32.1. The monoisotopic (exact) mass is 585 g/mol. The molecular weight excluding hydrogens is 554 g/mol. The number of rotatable bonds is 12. The van der Waals surface area contributed by atoms with E-state index in [1.165, 1.54) is 22.1 Å². The van der Waals surface area contributed by atoms with Crippen molar-refractivity contribution in [2.45, 2.75) is 70.1 Å². The van der Waals surface area contributed by atoms with E-state index in [1.807, 2.05) is 0 Å². The van der Waals surface area contributed by atoms with E-state index in [4.69, 9.17) is 17.0 Å². The number of amides is 1. The summed E-state index contributed by atoms with van der Waals surface area (Å²) < 4.78 is 57.1. The van der Waals surface area contributed by atoms with Crippen molar-refractivity contribution in [3.8, 4) is 5.88 Å². The van der Waals surface area contributed by atoms with E-state index in [-0.39, 0.29) is 36.3 Å². The van der Waals surface area contributed by atoms with Crippen molar-refractivity contribution in [1.29, 1.82) is 0 Å². The minimum atomic E-state index is -4.44. The van der Waals surface area contributed by atoms with Gasteiger partial charge in [0, 0.05) is 47.9 Å². The average Bonchev–Trinajstić information content (AvgIpc) is 3.76. The highest BCUT2D eigenvalue weighted by molar-refractivity contribution is 7.80. The summed E-state index contributed by atoms with van der Waals surface area (Å²) in [6, 6.07) is 1.48. The Morgan fingerprint density at radius 1 is 1.23 bits per heavy atom. The fraction of sp³-hybridized carbons (Fsp3) is 0.630. The molecule has 0 aliphatic heterocycles. The van der Waals surface area contributed by atoms with Gasteiger partial charge in [0.2, 0.25) is 5.88 Å². The van der Waals surface area contributed by atoms with Crippen LogP contribution in [-0.2, 0) is 37.5 Å². The summed E-state index contributed by atoms with van der Waals surface area (Å²) in [5, 5.41) is 7.04. The number of ketones is 1. The number of hydrogen-bond acceptors (Lipinski definition) is 6. The zero-order valence-corrected chi connectivity index (χ0v) is 23.2. The Bertz CT molecular complexity index is 1270. The molecule has 0 spiro atoms. The van der Waals surface area contributed by atoms with Crippen molar-refractivity contribution < 1.29 is 31.9 Å². The van der Waals surface area contributed by atoms with Gasteiger partial charge in [0.05, 0.1) is 11.5 Å². The van der Waals surface area contributed by atoms with E-state index in [2.05, 4.69) is 10.4 Å². The van der Waals surface area contributed by atoms with Gasteiger partial charge in [-0.3, -0.25) is 14.3 Å². The van der Waals surface area contributed by atoms with Crippen LogP contribution in [0.25, 0.3) is 0 Å². The number of thiocarbonyl (C=S) groups is 1. The van der Waals surface area contributed by atoms with Crippen molar-refractivity contribution in [3.63, 3.8) is 0 Å². The number of fused-ring (bicyclic) bond motifs is 1. The van der Waals surface area contributed by atoms with E-state index >= 15 is 0 Å². The Hall–Kier alpha value is -2.34. The molecule has 1 amide bonds. The number of nitrogens with one attached hydrogen (secondary N) is 1. The number of aryl methyl sites for hydroxylation is 2. The van der Waals surface area contributed by atoms with Crippen LogP contribution < -0.4 is 10.1 Å². The molecule has 2 aromatic heterocycles. The number of carbonyl (C=O) groups is 2. The number of alkyl halides is 4. The van der Waals surface area contributed by atoms with E-state index < -0.39 is 24.9 Å². The molecule has 12 heteroatoms. The van der Waals surface area contributed by atoms with E-state index in [1.54, 1.807) is 7.05 Å². The lowest BCUT2D eigenvalue weighted by Gasteiger charge is -2.23. The lowest BCUT2D eigenvalue weighted by atomic mass is 9.82. The van der Waals surface area contributed by atoms with Crippen LogP contribution in [0.2, 0.25) is 0 Å². The molecule has 0 bridgehead atoms. The Balaban J connectivity index is 1.25. The second-order valence-corrected chi connectivity index (χ2v) is 12.8. The summed E-state index contributed by atoms with van der Waals surface area (Å²) in [7, 11) is 1.64. The van der Waals surface area contributed by atoms with Crippen LogP contribution in [0.3, 0.4) is 0 Å². The topological polar surface area (TPSA) is 73.2 Å². The third kappa shape index (κ3) is 7.25. The largest absolute Gasteiger partial charge is 0.467 e. The van der Waals surface area contributed by atoms with Gasteiger partial charge in [0.25, 0.3) is 5.91 Å². The van der Waals surface area contributed by atoms with Crippen molar-refractivity contribution >= 4 is 40.1 Å². The summed E-state index contributed by atoms with van der Waals surface area (Å²) in [5.74, 6) is -0.204. The van der Waals surface area contributed by atoms with Crippen molar-refractivity contribution in [2.75, 3.05) is 13.2 Å². The fourth-order valence-corrected chi connectivity index (χ4v) is 6.92. The van der Waals surface area contributed by atoms with Crippen LogP contribution in [0.1, 0.15) is 63.5 Å². The molecule has 2 aromatic rings. The average molecular weight is 586 g/mol. The molecule has 0 unspecified atom stereocenters. The summed E-state index contributed by atoms with van der Waals surface area (Å²) in [6.07, 6.45) is 0.408. The number of halogens is 4. The van der Waals surface area contributed by atoms with E-state index in [0.29, 0.717) is 43.0 Å². The Morgan fingerprint density at radius 2 is 1.97 bits per heavy atom. The van der Waals surface area contributed by atoms with Crippen molar-refractivity contribution in [3.05, 3.63) is 32.6 Å². The summed E-state index contributed by atoms with van der Waals surface area (Å²) in [6.45, 7) is -0.781. The van der Waals surface area contributed by atoms with Crippen LogP contribution in [0.4, 0.5) is 17.6 Å². The number of ether oxygens (including phenoxy) is 1. The quantitative estimate of drug-likeness (QED) is 0.276. The maximum atomic E-state index is 13.5. The van der Waals surface area contributed by atoms with Crippen LogP contribution in [0.5, 0.6) is 5.88 Å². The minimum absolute atomic E-state index is 0.0945. The highest BCUT2D eigenvalue weighted by Crippen LogP contribution is 2.41. The zero-order valence-electron chi connectivity index (χ0n) is 21.6. The Labute approximate surface area is 233 Å². The van der Waals surface area contributed by atoms with Gasteiger partial charge in [-0.15, -0.1) is 16.4 Å². The number of carbonyl (C=O) groups excluding carboxylic acids is 2. The summed E-state index contributed by atoms with van der Waals surface area (Å²) in [4.78, 5) is 28.5. The minimum Gasteiger partial charge on any atom is -0.467 e. The molecule has 0 radical (unpaired) electrons. The maximum Gasteiger partial charge on any atom is 0.422 e. The molecule has 5 rings (SSSR count). The molecule has 0 saturated heterocycles. The molecule has 39 heavy (non-hydrogen) atoms. The second kappa shape index (κ2) is 11.3. The molecule has 2 fully saturated rings. The normalized spacial score (nSPS) is 22.3. The lowest BCUT2D eigenvalue weighted by molar-refractivity contribution is -0.154. The molecule has 3 aliphatic carbocycles. The molecular formula is C27H31F4N3O3S2. The number of aromatic nitrogens is 2. The first-order valence-electron chi connectivity index (χ1n) is 13.3. The van der Waals surface area contributed by atoms with Crippen LogP contribution in [-0.4, -0.2) is 51.8 Å². The number of Topliss-reactive ketones (excluding diaryl/α,β-unsaturated/α-hetero) is 1. The van der Waals surface area contributed by atoms with E-state index in [0.717, 1.165) is 45.9 Å². The Morgan fingerprint density at radius 3 is 2.64 bits per heavy atom. The molecule has 3 aliphatic rings. The highest BCUT2D eigenvalue weighted by Gasteiger charge is 2.44. The maximum absolute atomic E-state index is 13.5. The molecule has 2 heterocycles. The molecule has 2 saturated carbocycles. The number of hydrogen-bond donors (Lipinski definition) is 1. The molecule has 1 N–H and O–H groups in total. The first kappa shape index (κ1) is 28.2.